The average Bonchev–Trinajstić information content (AvgIpc) is 3.08. The molecule has 56 heavy (non-hydrogen) atoms. The van der Waals surface area contributed by atoms with E-state index in [2.05, 4.69) is 12.7 Å². The summed E-state index contributed by atoms with van der Waals surface area (Å²) in [5, 5.41) is 50.9. The second-order valence-corrected chi connectivity index (χ2v) is 16.7. The number of hydrogen-bond donors (Lipinski definition) is 5. The maximum absolute atomic E-state index is 15.4. The molecule has 2 fully saturated rings. The van der Waals surface area contributed by atoms with Crippen LogP contribution in [-0.2, 0) is 28.8 Å². The standard InChI is InChI=1S/C44H56O12/c1-23(2)11-13-28(26(7)8)21-43-22-29(15-12-24(3)4)42(9,10)44(41(43)55,18-17-25(5)6)38(50)34(37(43)49)35(47)27-14-16-32(31(45)19-27)56-33(46)20-30(39(51)52)36(48)40(53)54/h11-12,14,16-17,19,28-30,36,45,47-48H,7,13,15,18,20-22H2,1-6,8-10H3,(H,51,52)(H,53,54)/b35-34-/t28-,29-,30?,36?,43-,44-/m0/s1. The van der Waals surface area contributed by atoms with Gasteiger partial charge in [0.05, 0.1) is 11.8 Å². The Balaban J connectivity index is 2.30. The number of carbonyl (C=O) groups is 6. The number of esters is 1. The number of allylic oxidation sites excluding steroid dienone is 8. The molecule has 2 unspecified atom stereocenters. The third kappa shape index (κ3) is 8.80. The van der Waals surface area contributed by atoms with Gasteiger partial charge in [-0.05, 0) is 116 Å². The molecule has 12 nitrogen and oxygen atoms in total. The van der Waals surface area contributed by atoms with Crippen LogP contribution in [-0.4, -0.2) is 66.9 Å². The van der Waals surface area contributed by atoms with E-state index in [1.54, 1.807) is 0 Å². The van der Waals surface area contributed by atoms with Crippen LogP contribution in [0.25, 0.3) is 5.76 Å². The molecule has 0 saturated heterocycles. The third-order valence-electron chi connectivity index (χ3n) is 11.6. The predicted molar refractivity (Wildman–Crippen MR) is 210 cm³/mol. The molecule has 2 bridgehead atoms. The minimum Gasteiger partial charge on any atom is -0.506 e. The first kappa shape index (κ1) is 45.3. The van der Waals surface area contributed by atoms with Crippen LogP contribution in [0.15, 0.2) is 70.9 Å². The topological polar surface area (TPSA) is 213 Å². The van der Waals surface area contributed by atoms with E-state index in [1.807, 2.05) is 74.5 Å². The molecule has 0 amide bonds. The van der Waals surface area contributed by atoms with Crippen LogP contribution in [0.1, 0.15) is 106 Å². The zero-order valence-corrected chi connectivity index (χ0v) is 33.8. The molecule has 304 valence electrons. The Kier molecular flexibility index (Phi) is 14.0. The van der Waals surface area contributed by atoms with Crippen molar-refractivity contribution in [3.63, 3.8) is 0 Å². The van der Waals surface area contributed by atoms with Crippen molar-refractivity contribution in [2.24, 2.45) is 34.0 Å². The van der Waals surface area contributed by atoms with Crippen molar-refractivity contribution in [3.8, 4) is 11.5 Å². The fraction of sp³-hybridized carbons (Fsp3) is 0.500. The molecule has 12 heteroatoms. The number of aliphatic carboxylic acids is 2. The van der Waals surface area contributed by atoms with Gasteiger partial charge in [0.15, 0.2) is 35.0 Å². The molecule has 2 saturated carbocycles. The van der Waals surface area contributed by atoms with E-state index < -0.39 is 92.8 Å². The number of aliphatic hydroxyl groups excluding tert-OH is 2. The van der Waals surface area contributed by atoms with E-state index in [0.29, 0.717) is 12.8 Å². The van der Waals surface area contributed by atoms with E-state index in [1.165, 1.54) is 6.07 Å². The maximum Gasteiger partial charge on any atom is 0.333 e. The van der Waals surface area contributed by atoms with Crippen LogP contribution >= 0.6 is 0 Å². The van der Waals surface area contributed by atoms with Gasteiger partial charge in [-0.25, -0.2) is 4.79 Å². The number of carbonyl (C=O) groups excluding carboxylic acids is 4. The highest BCUT2D eigenvalue weighted by Gasteiger charge is 2.74. The zero-order chi connectivity index (χ0) is 42.7. The number of rotatable bonds is 16. The molecule has 2 aliphatic rings. The van der Waals surface area contributed by atoms with Gasteiger partial charge in [0.1, 0.15) is 22.7 Å². The number of hydrogen-bond acceptors (Lipinski definition) is 10. The van der Waals surface area contributed by atoms with Gasteiger partial charge in [0.25, 0.3) is 0 Å². The molecule has 3 rings (SSSR count). The molecule has 1 aromatic rings. The summed E-state index contributed by atoms with van der Waals surface area (Å²) in [7, 11) is 0. The number of fused-ring (bicyclic) bond motifs is 2. The molecule has 2 aliphatic carbocycles. The van der Waals surface area contributed by atoms with Gasteiger partial charge >= 0.3 is 17.9 Å². The Morgan fingerprint density at radius 1 is 0.893 bits per heavy atom. The third-order valence-corrected chi connectivity index (χ3v) is 11.6. The maximum atomic E-state index is 15.4. The number of benzene rings is 1. The lowest BCUT2D eigenvalue weighted by Gasteiger charge is -2.60. The van der Waals surface area contributed by atoms with Crippen molar-refractivity contribution in [3.05, 3.63) is 76.4 Å². The summed E-state index contributed by atoms with van der Waals surface area (Å²) in [4.78, 5) is 80.9. The lowest BCUT2D eigenvalue weighted by molar-refractivity contribution is -0.177. The second kappa shape index (κ2) is 17.4. The summed E-state index contributed by atoms with van der Waals surface area (Å²) in [6.07, 6.45) is 3.58. The zero-order valence-electron chi connectivity index (χ0n) is 33.8. The number of ketones is 3. The van der Waals surface area contributed by atoms with Crippen molar-refractivity contribution in [1.82, 2.24) is 0 Å². The molecule has 1 aromatic carbocycles. The number of carboxylic acid groups (broad SMARTS) is 2. The van der Waals surface area contributed by atoms with Gasteiger partial charge in [0.2, 0.25) is 0 Å². The monoisotopic (exact) mass is 776 g/mol. The number of ether oxygens (including phenoxy) is 1. The van der Waals surface area contributed by atoms with E-state index in [9.17, 15) is 34.8 Å². The van der Waals surface area contributed by atoms with Crippen LogP contribution in [0.5, 0.6) is 11.5 Å². The Labute approximate surface area is 328 Å². The summed E-state index contributed by atoms with van der Waals surface area (Å²) >= 11 is 0. The number of phenols is 1. The van der Waals surface area contributed by atoms with Crippen LogP contribution in [0.4, 0.5) is 0 Å². The normalized spacial score (nSPS) is 23.9. The number of aromatic hydroxyl groups is 1. The minimum atomic E-state index is -2.41. The molecule has 0 aliphatic heterocycles. The quantitative estimate of drug-likeness (QED) is 0.0210. The van der Waals surface area contributed by atoms with Crippen LogP contribution in [0.3, 0.4) is 0 Å². The first-order chi connectivity index (χ1) is 25.8. The smallest absolute Gasteiger partial charge is 0.333 e. The van der Waals surface area contributed by atoms with Crippen LogP contribution < -0.4 is 4.74 Å². The Hall–Kier alpha value is -5.10. The highest BCUT2D eigenvalue weighted by atomic mass is 16.5. The Morgan fingerprint density at radius 2 is 1.48 bits per heavy atom. The molecular formula is C44H56O12. The highest BCUT2D eigenvalue weighted by Crippen LogP contribution is 2.66. The van der Waals surface area contributed by atoms with Crippen molar-refractivity contribution >= 4 is 41.0 Å². The molecule has 0 aromatic heterocycles. The first-order valence-electron chi connectivity index (χ1n) is 18.7. The summed E-state index contributed by atoms with van der Waals surface area (Å²) in [5.41, 5.74) is -1.58. The summed E-state index contributed by atoms with van der Waals surface area (Å²) in [6, 6.07) is 3.15. The SMILES string of the molecule is C=C(C)[C@@H](CC=C(C)C)C[C@]12C[C@H](CC=C(C)C)C(C)(C)[C@@](CC=C(C)C)(C(=O)/C(=C(\O)c3ccc(OC(=O)CC(C(=O)O)C(O)C(=O)O)c(O)c3)C1=O)C2=O. The van der Waals surface area contributed by atoms with Crippen molar-refractivity contribution < 1.29 is 59.0 Å². The van der Waals surface area contributed by atoms with E-state index in [4.69, 9.17) is 9.84 Å². The van der Waals surface area contributed by atoms with Crippen molar-refractivity contribution in [1.29, 1.82) is 0 Å². The van der Waals surface area contributed by atoms with Gasteiger partial charge in [-0.15, -0.1) is 0 Å². The summed E-state index contributed by atoms with van der Waals surface area (Å²) in [5.74, 6) is -11.7. The van der Waals surface area contributed by atoms with E-state index >= 15 is 14.4 Å². The van der Waals surface area contributed by atoms with E-state index in [0.717, 1.165) is 34.4 Å². The molecule has 0 spiro atoms. The number of Topliss-reactive ketones (excluding diaryl/α,β-unsaturated/α-hetero) is 3. The van der Waals surface area contributed by atoms with Gasteiger partial charge in [0, 0.05) is 5.56 Å². The van der Waals surface area contributed by atoms with E-state index in [-0.39, 0.29) is 36.7 Å². The summed E-state index contributed by atoms with van der Waals surface area (Å²) in [6.45, 7) is 21.3. The van der Waals surface area contributed by atoms with Gasteiger partial charge in [-0.1, -0.05) is 60.9 Å². The van der Waals surface area contributed by atoms with Gasteiger partial charge in [-0.2, -0.15) is 0 Å². The minimum absolute atomic E-state index is 0.0170. The van der Waals surface area contributed by atoms with Crippen LogP contribution in [0.2, 0.25) is 0 Å². The van der Waals surface area contributed by atoms with Crippen molar-refractivity contribution in [2.75, 3.05) is 0 Å². The van der Waals surface area contributed by atoms with Gasteiger partial charge in [-0.3, -0.25) is 24.0 Å². The fourth-order valence-corrected chi connectivity index (χ4v) is 8.01. The van der Waals surface area contributed by atoms with Crippen LogP contribution in [0, 0.1) is 34.0 Å². The highest BCUT2D eigenvalue weighted by molar-refractivity contribution is 6.41. The summed E-state index contributed by atoms with van der Waals surface area (Å²) < 4.78 is 5.07. The molecular weight excluding hydrogens is 720 g/mol. The largest absolute Gasteiger partial charge is 0.506 e. The number of phenolic OH excluding ortho intramolecular Hbond substituents is 1. The fourth-order valence-electron chi connectivity index (χ4n) is 8.01. The molecule has 0 heterocycles. The first-order valence-corrected chi connectivity index (χ1v) is 18.7. The molecule has 0 radical (unpaired) electrons. The lowest BCUT2D eigenvalue weighted by atomic mass is 9.38. The lowest BCUT2D eigenvalue weighted by Crippen LogP contribution is -2.69. The van der Waals surface area contributed by atoms with Gasteiger partial charge < -0.3 is 30.3 Å². The predicted octanol–water partition coefficient (Wildman–Crippen LogP) is 7.49. The number of carboxylic acids is 2. The van der Waals surface area contributed by atoms with Crippen molar-refractivity contribution in [2.45, 2.75) is 107 Å². The molecule has 5 N–H and O–H groups in total. The Bertz CT molecular complexity index is 1930. The molecule has 6 atom stereocenters. The average molecular weight is 777 g/mol. The Morgan fingerprint density at radius 3 is 1.98 bits per heavy atom. The number of aliphatic hydroxyl groups is 2. The second-order valence-electron chi connectivity index (χ2n) is 16.7.